The average molecular weight is 271 g/mol. The Morgan fingerprint density at radius 2 is 1.95 bits per heavy atom. The molecule has 0 bridgehead atoms. The molecule has 1 atom stereocenters. The molecule has 19 heavy (non-hydrogen) atoms. The van der Waals surface area contributed by atoms with E-state index in [1.54, 1.807) is 6.92 Å². The number of aliphatic carboxylic acids is 1. The Bertz CT molecular complexity index is 323. The first-order valence-corrected chi connectivity index (χ1v) is 7.00. The van der Waals surface area contributed by atoms with Crippen molar-refractivity contribution in [2.45, 2.75) is 64.5 Å². The second-order valence-corrected chi connectivity index (χ2v) is 5.89. The van der Waals surface area contributed by atoms with E-state index in [1.165, 1.54) is 0 Å². The van der Waals surface area contributed by atoms with Crippen molar-refractivity contribution in [2.24, 2.45) is 5.92 Å². The Balaban J connectivity index is 2.37. The molecule has 0 radical (unpaired) electrons. The summed E-state index contributed by atoms with van der Waals surface area (Å²) in [4.78, 5) is 22.8. The van der Waals surface area contributed by atoms with E-state index in [0.29, 0.717) is 12.5 Å². The fourth-order valence-corrected chi connectivity index (χ4v) is 2.16. The fraction of sp³-hybridized carbons (Fsp3) is 0.857. The van der Waals surface area contributed by atoms with Crippen LogP contribution in [0.15, 0.2) is 0 Å². The van der Waals surface area contributed by atoms with Gasteiger partial charge in [0.2, 0.25) is 5.91 Å². The minimum Gasteiger partial charge on any atom is -0.481 e. The van der Waals surface area contributed by atoms with Crippen LogP contribution in [0.3, 0.4) is 0 Å². The lowest BCUT2D eigenvalue weighted by molar-refractivity contribution is -0.142. The van der Waals surface area contributed by atoms with Crippen LogP contribution in [0.1, 0.15) is 52.9 Å². The monoisotopic (exact) mass is 271 g/mol. The number of hydrogen-bond donors (Lipinski definition) is 2. The first-order chi connectivity index (χ1) is 8.84. The zero-order valence-corrected chi connectivity index (χ0v) is 12.1. The topological polar surface area (TPSA) is 75.6 Å². The van der Waals surface area contributed by atoms with Gasteiger partial charge in [-0.3, -0.25) is 9.59 Å². The minimum atomic E-state index is -0.867. The molecule has 1 unspecified atom stereocenters. The van der Waals surface area contributed by atoms with Crippen molar-refractivity contribution in [3.8, 4) is 0 Å². The third-order valence-electron chi connectivity index (χ3n) is 3.62. The highest BCUT2D eigenvalue weighted by atomic mass is 16.5. The largest absolute Gasteiger partial charge is 0.481 e. The van der Waals surface area contributed by atoms with Gasteiger partial charge in [-0.1, -0.05) is 13.8 Å². The summed E-state index contributed by atoms with van der Waals surface area (Å²) in [6, 6.07) is 0. The van der Waals surface area contributed by atoms with Gasteiger partial charge in [0.1, 0.15) is 6.10 Å². The molecule has 0 aromatic rings. The van der Waals surface area contributed by atoms with E-state index < -0.39 is 17.6 Å². The van der Waals surface area contributed by atoms with E-state index in [2.05, 4.69) is 19.2 Å². The highest BCUT2D eigenvalue weighted by Gasteiger charge is 2.41. The van der Waals surface area contributed by atoms with Crippen LogP contribution in [-0.4, -0.2) is 35.2 Å². The third-order valence-corrected chi connectivity index (χ3v) is 3.62. The number of amides is 1. The molecule has 5 nitrogen and oxygen atoms in total. The molecule has 5 heteroatoms. The van der Waals surface area contributed by atoms with E-state index in [9.17, 15) is 9.59 Å². The van der Waals surface area contributed by atoms with Gasteiger partial charge in [0.15, 0.2) is 0 Å². The highest BCUT2D eigenvalue weighted by Crippen LogP contribution is 2.35. The third kappa shape index (κ3) is 5.19. The SMILES string of the molecule is CC(C)CCOC(C)C(=O)NC1(CC(=O)O)CCC1. The standard InChI is InChI=1S/C14H25NO4/c1-10(2)5-8-19-11(3)13(18)15-14(6-4-7-14)9-12(16)17/h10-11H,4-9H2,1-3H3,(H,15,18)(H,16,17). The van der Waals surface area contributed by atoms with E-state index in [-0.39, 0.29) is 12.3 Å². The van der Waals surface area contributed by atoms with Gasteiger partial charge in [0.05, 0.1) is 12.0 Å². The van der Waals surface area contributed by atoms with Crippen LogP contribution in [0.2, 0.25) is 0 Å². The predicted octanol–water partition coefficient (Wildman–Crippen LogP) is 1.95. The van der Waals surface area contributed by atoms with Crippen LogP contribution in [0.5, 0.6) is 0 Å². The molecule has 110 valence electrons. The van der Waals surface area contributed by atoms with Gasteiger partial charge in [-0.25, -0.2) is 0 Å². The molecule has 1 aliphatic rings. The molecule has 0 spiro atoms. The first-order valence-electron chi connectivity index (χ1n) is 7.00. The van der Waals surface area contributed by atoms with Crippen molar-refractivity contribution in [1.82, 2.24) is 5.32 Å². The summed E-state index contributed by atoms with van der Waals surface area (Å²) >= 11 is 0. The average Bonchev–Trinajstić information content (AvgIpc) is 2.24. The van der Waals surface area contributed by atoms with Crippen molar-refractivity contribution < 1.29 is 19.4 Å². The Morgan fingerprint density at radius 3 is 2.37 bits per heavy atom. The molecule has 0 aromatic carbocycles. The zero-order valence-electron chi connectivity index (χ0n) is 12.1. The van der Waals surface area contributed by atoms with Crippen LogP contribution in [0.25, 0.3) is 0 Å². The molecule has 1 fully saturated rings. The van der Waals surface area contributed by atoms with E-state index >= 15 is 0 Å². The van der Waals surface area contributed by atoms with Crippen LogP contribution < -0.4 is 5.32 Å². The number of carboxylic acids is 1. The summed E-state index contributed by atoms with van der Waals surface area (Å²) in [5.74, 6) is -0.529. The van der Waals surface area contributed by atoms with Gasteiger partial charge in [0.25, 0.3) is 0 Å². The maximum atomic E-state index is 12.0. The molecule has 0 saturated heterocycles. The van der Waals surface area contributed by atoms with Gasteiger partial charge >= 0.3 is 5.97 Å². The Labute approximate surface area is 114 Å². The Hall–Kier alpha value is -1.10. The van der Waals surface area contributed by atoms with Crippen LogP contribution in [0, 0.1) is 5.92 Å². The van der Waals surface area contributed by atoms with Crippen LogP contribution in [-0.2, 0) is 14.3 Å². The molecule has 0 heterocycles. The molecule has 1 saturated carbocycles. The number of ether oxygens (including phenoxy) is 1. The highest BCUT2D eigenvalue weighted by molar-refractivity contribution is 5.82. The van der Waals surface area contributed by atoms with Crippen LogP contribution in [0.4, 0.5) is 0 Å². The molecule has 1 amide bonds. The van der Waals surface area contributed by atoms with E-state index in [0.717, 1.165) is 25.7 Å². The van der Waals surface area contributed by atoms with Gasteiger partial charge < -0.3 is 15.2 Å². The van der Waals surface area contributed by atoms with Gasteiger partial charge in [-0.15, -0.1) is 0 Å². The molecular formula is C14H25NO4. The van der Waals surface area contributed by atoms with Gasteiger partial charge in [-0.05, 0) is 38.5 Å². The Kier molecular flexibility index (Phi) is 5.79. The summed E-state index contributed by atoms with van der Waals surface area (Å²) < 4.78 is 5.47. The van der Waals surface area contributed by atoms with Crippen molar-refractivity contribution in [3.05, 3.63) is 0 Å². The normalized spacial score (nSPS) is 18.7. The molecule has 1 aliphatic carbocycles. The molecule has 0 aromatic heterocycles. The lowest BCUT2D eigenvalue weighted by atomic mass is 9.74. The maximum absolute atomic E-state index is 12.0. The van der Waals surface area contributed by atoms with Gasteiger partial charge in [-0.2, -0.15) is 0 Å². The quantitative estimate of drug-likeness (QED) is 0.707. The smallest absolute Gasteiger partial charge is 0.305 e. The summed E-state index contributed by atoms with van der Waals surface area (Å²) in [6.45, 7) is 6.47. The lowest BCUT2D eigenvalue weighted by Gasteiger charge is -2.42. The number of hydrogen-bond acceptors (Lipinski definition) is 3. The summed E-state index contributed by atoms with van der Waals surface area (Å²) in [6.07, 6.45) is 2.84. The summed E-state index contributed by atoms with van der Waals surface area (Å²) in [5.41, 5.74) is -0.543. The number of carbonyl (C=O) groups is 2. The second-order valence-electron chi connectivity index (χ2n) is 5.89. The second kappa shape index (κ2) is 6.89. The van der Waals surface area contributed by atoms with E-state index in [1.807, 2.05) is 0 Å². The van der Waals surface area contributed by atoms with Crippen molar-refractivity contribution in [1.29, 1.82) is 0 Å². The van der Waals surface area contributed by atoms with Crippen LogP contribution >= 0.6 is 0 Å². The number of carbonyl (C=O) groups excluding carboxylic acids is 1. The first kappa shape index (κ1) is 16.0. The Morgan fingerprint density at radius 1 is 1.32 bits per heavy atom. The fourth-order valence-electron chi connectivity index (χ4n) is 2.16. The molecular weight excluding hydrogens is 246 g/mol. The summed E-state index contributed by atoms with van der Waals surface area (Å²) in [7, 11) is 0. The summed E-state index contributed by atoms with van der Waals surface area (Å²) in [5, 5.41) is 11.7. The van der Waals surface area contributed by atoms with Crippen molar-refractivity contribution in [3.63, 3.8) is 0 Å². The van der Waals surface area contributed by atoms with E-state index in [4.69, 9.17) is 9.84 Å². The van der Waals surface area contributed by atoms with Crippen molar-refractivity contribution >= 4 is 11.9 Å². The molecule has 0 aliphatic heterocycles. The maximum Gasteiger partial charge on any atom is 0.305 e. The minimum absolute atomic E-state index is 0.00253. The number of carboxylic acid groups (broad SMARTS) is 1. The predicted molar refractivity (Wildman–Crippen MR) is 71.8 cm³/mol. The zero-order chi connectivity index (χ0) is 14.5. The molecule has 2 N–H and O–H groups in total. The van der Waals surface area contributed by atoms with Crippen molar-refractivity contribution in [2.75, 3.05) is 6.61 Å². The lowest BCUT2D eigenvalue weighted by Crippen LogP contribution is -2.57. The van der Waals surface area contributed by atoms with Gasteiger partial charge in [0, 0.05) is 6.61 Å². The molecule has 1 rings (SSSR count). The number of rotatable bonds is 8. The number of nitrogens with one attached hydrogen (secondary N) is 1.